The molecule has 1 atom stereocenters. The van der Waals surface area contributed by atoms with Gasteiger partial charge in [-0.15, -0.1) is 0 Å². The number of hydrogen-bond donors (Lipinski definition) is 2. The number of hydrogen-bond acceptors (Lipinski definition) is 6. The topological polar surface area (TPSA) is 101 Å². The van der Waals surface area contributed by atoms with Gasteiger partial charge in [0.05, 0.1) is 10.8 Å². The Bertz CT molecular complexity index is 1280. The number of aromatic hydroxyl groups is 2. The molecule has 0 aromatic heterocycles. The van der Waals surface area contributed by atoms with E-state index in [1.165, 1.54) is 6.07 Å². The van der Waals surface area contributed by atoms with Crippen LogP contribution < -0.4 is 4.74 Å². The predicted molar refractivity (Wildman–Crippen MR) is 136 cm³/mol. The Kier molecular flexibility index (Phi) is 6.36. The molecule has 2 aromatic rings. The average molecular weight is 491 g/mol. The number of fused-ring (bicyclic) bond motifs is 1. The van der Waals surface area contributed by atoms with Crippen LogP contribution in [0.1, 0.15) is 81.8 Å². The molecule has 2 aliphatic rings. The lowest BCUT2D eigenvalue weighted by atomic mass is 9.59. The van der Waals surface area contributed by atoms with Crippen molar-refractivity contribution in [2.75, 3.05) is 0 Å². The molecule has 0 saturated carbocycles. The Balaban J connectivity index is 1.84. The maximum atomic E-state index is 13.7. The highest BCUT2D eigenvalue weighted by atomic mass is 16.5. The monoisotopic (exact) mass is 490 g/mol. The fourth-order valence-electron chi connectivity index (χ4n) is 5.59. The van der Waals surface area contributed by atoms with Crippen molar-refractivity contribution in [2.45, 2.75) is 66.7 Å². The third-order valence-corrected chi connectivity index (χ3v) is 7.42. The van der Waals surface area contributed by atoms with Crippen molar-refractivity contribution in [3.8, 4) is 17.2 Å². The van der Waals surface area contributed by atoms with Crippen LogP contribution in [-0.2, 0) is 16.0 Å². The predicted octanol–water partition coefficient (Wildman–Crippen LogP) is 5.89. The molecule has 6 nitrogen and oxygen atoms in total. The smallest absolute Gasteiger partial charge is 0.175 e. The number of Topliss-reactive ketones (excluding diaryl/α,β-unsaturated/α-hetero) is 3. The normalized spacial score (nSPS) is 20.1. The number of aryl methyl sites for hydroxylation is 1. The molecule has 1 aliphatic heterocycles. The van der Waals surface area contributed by atoms with E-state index >= 15 is 0 Å². The largest absolute Gasteiger partial charge is 0.507 e. The maximum absolute atomic E-state index is 13.7. The second kappa shape index (κ2) is 8.91. The van der Waals surface area contributed by atoms with Crippen LogP contribution >= 0.6 is 0 Å². The quantitative estimate of drug-likeness (QED) is 0.387. The number of carbonyl (C=O) groups is 3. The molecule has 36 heavy (non-hydrogen) atoms. The number of benzene rings is 2. The number of carbonyl (C=O) groups excluding carboxylic acids is 3. The van der Waals surface area contributed by atoms with Crippen molar-refractivity contribution in [1.82, 2.24) is 0 Å². The van der Waals surface area contributed by atoms with Gasteiger partial charge in [-0.1, -0.05) is 44.2 Å². The summed E-state index contributed by atoms with van der Waals surface area (Å²) in [4.78, 5) is 40.1. The van der Waals surface area contributed by atoms with Crippen LogP contribution in [-0.4, -0.2) is 27.6 Å². The molecule has 1 heterocycles. The van der Waals surface area contributed by atoms with E-state index in [1.807, 2.05) is 44.2 Å². The second-order valence-electron chi connectivity index (χ2n) is 11.4. The number of allylic oxidation sites excluding steroid dienone is 2. The van der Waals surface area contributed by atoms with E-state index in [1.54, 1.807) is 27.7 Å². The van der Waals surface area contributed by atoms with Crippen molar-refractivity contribution < 1.29 is 29.3 Å². The average Bonchev–Trinajstić information content (AvgIpc) is 2.80. The molecule has 6 heteroatoms. The standard InChI is InChI=1S/C30H34O6/c1-16(2)14-18-22-21(36-27-23(18)26(34)29(3,4)28(35)30(27,5)6)15-20(32)24(25(22)33)19(31)13-12-17-10-8-7-9-11-17/h7-11,15-16,18,32-33H,12-14H2,1-6H3. The highest BCUT2D eigenvalue weighted by Crippen LogP contribution is 2.57. The number of ketones is 3. The van der Waals surface area contributed by atoms with E-state index in [0.717, 1.165) is 5.56 Å². The molecular formula is C30H34O6. The third-order valence-electron chi connectivity index (χ3n) is 7.42. The van der Waals surface area contributed by atoms with E-state index in [2.05, 4.69) is 0 Å². The van der Waals surface area contributed by atoms with Crippen LogP contribution in [0.5, 0.6) is 17.2 Å². The van der Waals surface area contributed by atoms with Gasteiger partial charge in [0.2, 0.25) is 0 Å². The summed E-state index contributed by atoms with van der Waals surface area (Å²) < 4.78 is 6.13. The molecule has 1 unspecified atom stereocenters. The van der Waals surface area contributed by atoms with Crippen LogP contribution in [0.2, 0.25) is 0 Å². The van der Waals surface area contributed by atoms with E-state index in [-0.39, 0.29) is 52.5 Å². The molecule has 4 rings (SSSR count). The summed E-state index contributed by atoms with van der Waals surface area (Å²) in [6.07, 6.45) is 1.05. The van der Waals surface area contributed by atoms with Crippen molar-refractivity contribution in [2.24, 2.45) is 16.7 Å². The number of phenolic OH excluding ortho intramolecular Hbond substituents is 2. The molecule has 0 spiro atoms. The number of ether oxygens (including phenoxy) is 1. The molecule has 0 saturated heterocycles. The zero-order valence-corrected chi connectivity index (χ0v) is 21.8. The molecule has 2 aromatic carbocycles. The molecule has 0 amide bonds. The van der Waals surface area contributed by atoms with E-state index in [0.29, 0.717) is 24.0 Å². The Morgan fingerprint density at radius 3 is 2.28 bits per heavy atom. The summed E-state index contributed by atoms with van der Waals surface area (Å²) in [7, 11) is 0. The van der Waals surface area contributed by atoms with Gasteiger partial charge in [0.25, 0.3) is 0 Å². The van der Waals surface area contributed by atoms with Gasteiger partial charge in [-0.25, -0.2) is 0 Å². The molecule has 190 valence electrons. The molecule has 0 radical (unpaired) electrons. The summed E-state index contributed by atoms with van der Waals surface area (Å²) in [5.41, 5.74) is -0.828. The van der Waals surface area contributed by atoms with Crippen LogP contribution in [0.25, 0.3) is 0 Å². The fourth-order valence-corrected chi connectivity index (χ4v) is 5.59. The van der Waals surface area contributed by atoms with Gasteiger partial charge in [0, 0.05) is 29.5 Å². The van der Waals surface area contributed by atoms with Crippen molar-refractivity contribution in [1.29, 1.82) is 0 Å². The fraction of sp³-hybridized carbons (Fsp3) is 0.433. The summed E-state index contributed by atoms with van der Waals surface area (Å²) in [6, 6.07) is 10.8. The van der Waals surface area contributed by atoms with Crippen LogP contribution in [0.3, 0.4) is 0 Å². The lowest BCUT2D eigenvalue weighted by molar-refractivity contribution is -0.144. The maximum Gasteiger partial charge on any atom is 0.175 e. The van der Waals surface area contributed by atoms with Crippen LogP contribution in [0.15, 0.2) is 47.7 Å². The van der Waals surface area contributed by atoms with E-state index in [4.69, 9.17) is 4.74 Å². The first-order valence-electron chi connectivity index (χ1n) is 12.5. The summed E-state index contributed by atoms with van der Waals surface area (Å²) in [5, 5.41) is 22.2. The van der Waals surface area contributed by atoms with E-state index < -0.39 is 22.5 Å². The Morgan fingerprint density at radius 1 is 1.03 bits per heavy atom. The lowest BCUT2D eigenvalue weighted by Crippen LogP contribution is -2.51. The molecule has 2 N–H and O–H groups in total. The van der Waals surface area contributed by atoms with Gasteiger partial charge in [-0.2, -0.15) is 0 Å². The Hall–Kier alpha value is -3.41. The van der Waals surface area contributed by atoms with Crippen molar-refractivity contribution >= 4 is 17.3 Å². The van der Waals surface area contributed by atoms with Gasteiger partial charge in [-0.05, 0) is 52.0 Å². The minimum atomic E-state index is -1.25. The number of phenols is 2. The summed E-state index contributed by atoms with van der Waals surface area (Å²) in [6.45, 7) is 10.7. The SMILES string of the molecule is CC(C)CC1C2=C(Oc3cc(O)c(C(=O)CCc4ccccc4)c(O)c31)C(C)(C)C(=O)C(C)(C)C2=O. The molecule has 1 aliphatic carbocycles. The minimum absolute atomic E-state index is 0.0983. The zero-order chi connectivity index (χ0) is 26.6. The first-order valence-corrected chi connectivity index (χ1v) is 12.5. The van der Waals surface area contributed by atoms with Gasteiger partial charge < -0.3 is 14.9 Å². The van der Waals surface area contributed by atoms with Crippen molar-refractivity contribution in [3.05, 3.63) is 64.4 Å². The minimum Gasteiger partial charge on any atom is -0.507 e. The molecule has 0 bridgehead atoms. The van der Waals surface area contributed by atoms with Gasteiger partial charge >= 0.3 is 0 Å². The highest BCUT2D eigenvalue weighted by Gasteiger charge is 2.57. The Morgan fingerprint density at radius 2 is 1.67 bits per heavy atom. The number of rotatable bonds is 6. The van der Waals surface area contributed by atoms with E-state index in [9.17, 15) is 24.6 Å². The summed E-state index contributed by atoms with van der Waals surface area (Å²) >= 11 is 0. The van der Waals surface area contributed by atoms with Crippen LogP contribution in [0, 0.1) is 16.7 Å². The Labute approximate surface area is 212 Å². The molecular weight excluding hydrogens is 456 g/mol. The second-order valence-corrected chi connectivity index (χ2v) is 11.4. The molecule has 0 fully saturated rings. The van der Waals surface area contributed by atoms with Gasteiger partial charge in [0.1, 0.15) is 28.6 Å². The van der Waals surface area contributed by atoms with Crippen molar-refractivity contribution in [3.63, 3.8) is 0 Å². The summed E-state index contributed by atoms with van der Waals surface area (Å²) in [5.74, 6) is -1.73. The van der Waals surface area contributed by atoms with Gasteiger partial charge in [-0.3, -0.25) is 14.4 Å². The van der Waals surface area contributed by atoms with Crippen LogP contribution in [0.4, 0.5) is 0 Å². The third kappa shape index (κ3) is 4.02. The van der Waals surface area contributed by atoms with Gasteiger partial charge in [0.15, 0.2) is 17.3 Å². The first kappa shape index (κ1) is 25.7. The highest BCUT2D eigenvalue weighted by molar-refractivity contribution is 6.20. The lowest BCUT2D eigenvalue weighted by Gasteiger charge is -2.45. The zero-order valence-electron chi connectivity index (χ0n) is 21.8. The first-order chi connectivity index (χ1) is 16.8.